The van der Waals surface area contributed by atoms with Crippen LogP contribution in [-0.2, 0) is 16.1 Å². The molecule has 0 bridgehead atoms. The second-order valence-corrected chi connectivity index (χ2v) is 4.43. The first-order valence-corrected chi connectivity index (χ1v) is 6.04. The number of amides is 2. The number of hydrogen-bond acceptors (Lipinski definition) is 3. The first-order valence-electron chi connectivity index (χ1n) is 6.04. The summed E-state index contributed by atoms with van der Waals surface area (Å²) >= 11 is 0. The standard InChI is InChI=1S/C13H17N3O2/c1-14-8-9-2-4-10(5-3-9)15-12(17)13(18)16-11-6-7-11/h2-5,11,14H,6-8H2,1H3,(H,15,17)(H,16,18). The van der Waals surface area contributed by atoms with Gasteiger partial charge in [-0.1, -0.05) is 12.1 Å². The molecule has 3 N–H and O–H groups in total. The molecule has 1 aromatic rings. The van der Waals surface area contributed by atoms with Gasteiger partial charge in [0.1, 0.15) is 0 Å². The van der Waals surface area contributed by atoms with Gasteiger partial charge >= 0.3 is 11.8 Å². The largest absolute Gasteiger partial charge is 0.345 e. The fraction of sp³-hybridized carbons (Fsp3) is 0.385. The van der Waals surface area contributed by atoms with Crippen molar-refractivity contribution < 1.29 is 9.59 Å². The van der Waals surface area contributed by atoms with E-state index in [9.17, 15) is 9.59 Å². The smallest absolute Gasteiger partial charge is 0.313 e. The Morgan fingerprint density at radius 1 is 1.17 bits per heavy atom. The van der Waals surface area contributed by atoms with Gasteiger partial charge in [-0.15, -0.1) is 0 Å². The zero-order valence-corrected chi connectivity index (χ0v) is 10.3. The maximum absolute atomic E-state index is 11.6. The summed E-state index contributed by atoms with van der Waals surface area (Å²) in [5.74, 6) is -1.17. The van der Waals surface area contributed by atoms with Gasteiger partial charge < -0.3 is 16.0 Å². The minimum absolute atomic E-state index is 0.196. The normalized spacial score (nSPS) is 14.1. The summed E-state index contributed by atoms with van der Waals surface area (Å²) in [6.45, 7) is 0.774. The second-order valence-electron chi connectivity index (χ2n) is 4.43. The summed E-state index contributed by atoms with van der Waals surface area (Å²) in [4.78, 5) is 23.0. The molecule has 1 aromatic carbocycles. The molecule has 1 fully saturated rings. The fourth-order valence-electron chi connectivity index (χ4n) is 1.58. The SMILES string of the molecule is CNCc1ccc(NC(=O)C(=O)NC2CC2)cc1. The fourth-order valence-corrected chi connectivity index (χ4v) is 1.58. The molecule has 1 saturated carbocycles. The van der Waals surface area contributed by atoms with Crippen molar-refractivity contribution in [3.63, 3.8) is 0 Å². The molecule has 0 aromatic heterocycles. The van der Waals surface area contributed by atoms with Crippen LogP contribution in [0.4, 0.5) is 5.69 Å². The number of anilines is 1. The summed E-state index contributed by atoms with van der Waals surface area (Å²) in [5, 5.41) is 8.26. The van der Waals surface area contributed by atoms with Crippen LogP contribution in [0.5, 0.6) is 0 Å². The molecule has 2 rings (SSSR count). The number of benzene rings is 1. The third-order valence-corrected chi connectivity index (χ3v) is 2.71. The number of hydrogen-bond donors (Lipinski definition) is 3. The van der Waals surface area contributed by atoms with Gasteiger partial charge in [-0.25, -0.2) is 0 Å². The Hall–Kier alpha value is -1.88. The van der Waals surface area contributed by atoms with Crippen LogP contribution in [0.25, 0.3) is 0 Å². The molecule has 0 spiro atoms. The molecule has 0 aliphatic heterocycles. The maximum Gasteiger partial charge on any atom is 0.313 e. The number of nitrogens with one attached hydrogen (secondary N) is 3. The summed E-state index contributed by atoms with van der Waals surface area (Å²) < 4.78 is 0. The molecule has 18 heavy (non-hydrogen) atoms. The van der Waals surface area contributed by atoms with E-state index >= 15 is 0 Å². The Labute approximate surface area is 106 Å². The maximum atomic E-state index is 11.6. The highest BCUT2D eigenvalue weighted by atomic mass is 16.2. The molecule has 0 saturated heterocycles. The molecule has 2 amide bonds. The lowest BCUT2D eigenvalue weighted by atomic mass is 10.2. The number of rotatable bonds is 4. The van der Waals surface area contributed by atoms with Gasteiger partial charge in [0.05, 0.1) is 0 Å². The minimum Gasteiger partial charge on any atom is -0.345 e. The van der Waals surface area contributed by atoms with Gasteiger partial charge in [0, 0.05) is 18.3 Å². The monoisotopic (exact) mass is 247 g/mol. The molecule has 0 heterocycles. The van der Waals surface area contributed by atoms with Crippen LogP contribution in [0.15, 0.2) is 24.3 Å². The molecule has 96 valence electrons. The van der Waals surface area contributed by atoms with Crippen LogP contribution in [0, 0.1) is 0 Å². The van der Waals surface area contributed by atoms with Crippen LogP contribution in [0.1, 0.15) is 18.4 Å². The van der Waals surface area contributed by atoms with Crippen LogP contribution in [-0.4, -0.2) is 24.9 Å². The van der Waals surface area contributed by atoms with E-state index in [0.717, 1.165) is 24.9 Å². The molecule has 0 radical (unpaired) electrons. The topological polar surface area (TPSA) is 70.2 Å². The minimum atomic E-state index is -0.608. The Bertz CT molecular complexity index is 438. The van der Waals surface area contributed by atoms with E-state index in [4.69, 9.17) is 0 Å². The van der Waals surface area contributed by atoms with Crippen molar-refractivity contribution in [3.05, 3.63) is 29.8 Å². The van der Waals surface area contributed by atoms with Crippen molar-refractivity contribution >= 4 is 17.5 Å². The predicted molar refractivity (Wildman–Crippen MR) is 69.0 cm³/mol. The number of carbonyl (C=O) groups is 2. The molecule has 1 aliphatic rings. The highest BCUT2D eigenvalue weighted by molar-refractivity contribution is 6.39. The van der Waals surface area contributed by atoms with E-state index < -0.39 is 11.8 Å². The molecule has 0 unspecified atom stereocenters. The molecular weight excluding hydrogens is 230 g/mol. The third kappa shape index (κ3) is 3.56. The van der Waals surface area contributed by atoms with Gasteiger partial charge in [-0.3, -0.25) is 9.59 Å². The van der Waals surface area contributed by atoms with Crippen molar-refractivity contribution in [1.29, 1.82) is 0 Å². The Balaban J connectivity index is 1.87. The average molecular weight is 247 g/mol. The van der Waals surface area contributed by atoms with E-state index in [1.54, 1.807) is 12.1 Å². The lowest BCUT2D eigenvalue weighted by molar-refractivity contribution is -0.136. The zero-order valence-electron chi connectivity index (χ0n) is 10.3. The highest BCUT2D eigenvalue weighted by Crippen LogP contribution is 2.18. The van der Waals surface area contributed by atoms with Crippen molar-refractivity contribution in [1.82, 2.24) is 10.6 Å². The van der Waals surface area contributed by atoms with Gasteiger partial charge in [-0.2, -0.15) is 0 Å². The van der Waals surface area contributed by atoms with Crippen LogP contribution >= 0.6 is 0 Å². The summed E-state index contributed by atoms with van der Waals surface area (Å²) in [7, 11) is 1.87. The van der Waals surface area contributed by atoms with Crippen molar-refractivity contribution in [2.75, 3.05) is 12.4 Å². The quantitative estimate of drug-likeness (QED) is 0.683. The van der Waals surface area contributed by atoms with Gasteiger partial charge in [-0.05, 0) is 37.6 Å². The van der Waals surface area contributed by atoms with E-state index in [-0.39, 0.29) is 6.04 Å². The van der Waals surface area contributed by atoms with Crippen molar-refractivity contribution in [2.24, 2.45) is 0 Å². The van der Waals surface area contributed by atoms with Crippen molar-refractivity contribution in [3.8, 4) is 0 Å². The van der Waals surface area contributed by atoms with E-state index in [2.05, 4.69) is 16.0 Å². The molecule has 0 atom stereocenters. The second kappa shape index (κ2) is 5.64. The molecular formula is C13H17N3O2. The van der Waals surface area contributed by atoms with E-state index in [1.807, 2.05) is 19.2 Å². The first-order chi connectivity index (χ1) is 8.69. The Morgan fingerprint density at radius 2 is 1.83 bits per heavy atom. The van der Waals surface area contributed by atoms with Crippen LogP contribution in [0.3, 0.4) is 0 Å². The van der Waals surface area contributed by atoms with E-state index in [1.165, 1.54) is 0 Å². The highest BCUT2D eigenvalue weighted by Gasteiger charge is 2.26. The van der Waals surface area contributed by atoms with Crippen molar-refractivity contribution in [2.45, 2.75) is 25.4 Å². The first kappa shape index (κ1) is 12.6. The van der Waals surface area contributed by atoms with Gasteiger partial charge in [0.25, 0.3) is 0 Å². The molecule has 5 nitrogen and oxygen atoms in total. The Morgan fingerprint density at radius 3 is 2.39 bits per heavy atom. The third-order valence-electron chi connectivity index (χ3n) is 2.71. The average Bonchev–Trinajstić information content (AvgIpc) is 3.16. The summed E-state index contributed by atoms with van der Waals surface area (Å²) in [5.41, 5.74) is 1.75. The zero-order chi connectivity index (χ0) is 13.0. The Kier molecular flexibility index (Phi) is 3.94. The van der Waals surface area contributed by atoms with Crippen LogP contribution in [0.2, 0.25) is 0 Å². The summed E-state index contributed by atoms with van der Waals surface area (Å²) in [6.07, 6.45) is 1.94. The number of carbonyl (C=O) groups excluding carboxylic acids is 2. The van der Waals surface area contributed by atoms with Gasteiger partial charge in [0.2, 0.25) is 0 Å². The lowest BCUT2D eigenvalue weighted by Crippen LogP contribution is -2.36. The molecule has 5 heteroatoms. The summed E-state index contributed by atoms with van der Waals surface area (Å²) in [6, 6.07) is 7.58. The predicted octanol–water partition coefficient (Wildman–Crippen LogP) is 0.623. The lowest BCUT2D eigenvalue weighted by Gasteiger charge is -2.06. The van der Waals surface area contributed by atoms with Gasteiger partial charge in [0.15, 0.2) is 0 Å². The van der Waals surface area contributed by atoms with Crippen LogP contribution < -0.4 is 16.0 Å². The van der Waals surface area contributed by atoms with E-state index in [0.29, 0.717) is 5.69 Å². The molecule has 1 aliphatic carbocycles.